The number of hydrogen-bond donors (Lipinski definition) is 2. The number of rotatable bonds is 3. The van der Waals surface area contributed by atoms with Crippen LogP contribution in [0.25, 0.3) is 0 Å². The number of anilines is 1. The minimum atomic E-state index is -0.474. The maximum absolute atomic E-state index is 12.3. The summed E-state index contributed by atoms with van der Waals surface area (Å²) in [6.07, 6.45) is 2.98. The molecule has 0 aliphatic heterocycles. The Balaban J connectivity index is 1.96. The van der Waals surface area contributed by atoms with Crippen LogP contribution in [0.2, 0.25) is 0 Å². The fraction of sp³-hybridized carbons (Fsp3) is 0.615. The second kappa shape index (κ2) is 5.38. The number of nitrogens with zero attached hydrogens (tertiary/aromatic N) is 1. The lowest BCUT2D eigenvalue weighted by Crippen LogP contribution is -2.48. The summed E-state index contributed by atoms with van der Waals surface area (Å²) in [6, 6.07) is 3.90. The molecule has 0 atom stereocenters. The molecule has 1 aromatic rings. The third kappa shape index (κ3) is 2.74. The minimum Gasteiger partial charge on any atom is -0.394 e. The molecule has 1 amide bonds. The van der Waals surface area contributed by atoms with Crippen molar-refractivity contribution in [3.05, 3.63) is 17.5 Å². The van der Waals surface area contributed by atoms with Gasteiger partial charge in [-0.15, -0.1) is 11.3 Å². The van der Waals surface area contributed by atoms with E-state index in [0.717, 1.165) is 30.7 Å². The van der Waals surface area contributed by atoms with E-state index in [9.17, 15) is 9.90 Å². The van der Waals surface area contributed by atoms with Gasteiger partial charge in [0, 0.05) is 18.5 Å². The number of aliphatic hydroxyl groups is 1. The number of hydrogen-bond acceptors (Lipinski definition) is 4. The van der Waals surface area contributed by atoms with E-state index in [4.69, 9.17) is 5.73 Å². The average Bonchev–Trinajstić information content (AvgIpc) is 2.92. The highest BCUT2D eigenvalue weighted by Gasteiger charge is 2.35. The van der Waals surface area contributed by atoms with Gasteiger partial charge in [0.05, 0.1) is 11.6 Å². The second-order valence-corrected chi connectivity index (χ2v) is 6.07. The highest BCUT2D eigenvalue weighted by molar-refractivity contribution is 7.14. The number of amides is 1. The third-order valence-corrected chi connectivity index (χ3v) is 4.76. The molecule has 2 rings (SSSR count). The summed E-state index contributed by atoms with van der Waals surface area (Å²) >= 11 is 1.57. The Morgan fingerprint density at radius 2 is 2.28 bits per heavy atom. The molecule has 1 aromatic heterocycles. The molecule has 1 aliphatic carbocycles. The molecule has 18 heavy (non-hydrogen) atoms. The predicted octanol–water partition coefficient (Wildman–Crippen LogP) is 1.59. The number of nitrogens with two attached hydrogens (primary N) is 1. The van der Waals surface area contributed by atoms with E-state index in [2.05, 4.69) is 0 Å². The average molecular weight is 268 g/mol. The molecular weight excluding hydrogens is 248 g/mol. The van der Waals surface area contributed by atoms with E-state index in [-0.39, 0.29) is 18.4 Å². The third-order valence-electron chi connectivity index (χ3n) is 3.81. The molecule has 100 valence electrons. The van der Waals surface area contributed by atoms with Crippen LogP contribution >= 0.6 is 11.3 Å². The summed E-state index contributed by atoms with van der Waals surface area (Å²) in [5, 5.41) is 12.2. The van der Waals surface area contributed by atoms with Gasteiger partial charge in [-0.3, -0.25) is 4.79 Å². The summed E-state index contributed by atoms with van der Waals surface area (Å²) < 4.78 is 0. The smallest absolute Gasteiger partial charge is 0.230 e. The van der Waals surface area contributed by atoms with E-state index in [1.165, 1.54) is 0 Å². The fourth-order valence-corrected chi connectivity index (χ4v) is 3.14. The van der Waals surface area contributed by atoms with Crippen LogP contribution in [0.5, 0.6) is 0 Å². The van der Waals surface area contributed by atoms with Crippen LogP contribution in [0.3, 0.4) is 0 Å². The molecule has 0 unspecified atom stereocenters. The Hall–Kier alpha value is -0.910. The van der Waals surface area contributed by atoms with Crippen molar-refractivity contribution in [2.24, 2.45) is 11.7 Å². The maximum Gasteiger partial charge on any atom is 0.230 e. The molecule has 0 saturated heterocycles. The van der Waals surface area contributed by atoms with E-state index in [0.29, 0.717) is 0 Å². The zero-order valence-corrected chi connectivity index (χ0v) is 11.4. The first-order valence-electron chi connectivity index (χ1n) is 6.26. The lowest BCUT2D eigenvalue weighted by molar-refractivity contribution is -0.123. The van der Waals surface area contributed by atoms with Crippen LogP contribution in [0.4, 0.5) is 5.00 Å². The Labute approximate surface area is 111 Å². The van der Waals surface area contributed by atoms with Crippen LogP contribution in [0.15, 0.2) is 17.5 Å². The molecular formula is C13H20N2O2S. The van der Waals surface area contributed by atoms with Crippen molar-refractivity contribution >= 4 is 22.2 Å². The van der Waals surface area contributed by atoms with E-state index in [1.54, 1.807) is 16.2 Å². The highest BCUT2D eigenvalue weighted by atomic mass is 32.1. The molecule has 1 fully saturated rings. The molecule has 1 aliphatic rings. The van der Waals surface area contributed by atoms with Crippen molar-refractivity contribution in [3.8, 4) is 0 Å². The predicted molar refractivity (Wildman–Crippen MR) is 73.7 cm³/mol. The topological polar surface area (TPSA) is 66.6 Å². The SMILES string of the molecule is CN(C(=O)C1CCC(N)(CO)CC1)c1cccs1. The Morgan fingerprint density at radius 3 is 2.78 bits per heavy atom. The largest absolute Gasteiger partial charge is 0.394 e. The van der Waals surface area contributed by atoms with Crippen molar-refractivity contribution in [3.63, 3.8) is 0 Å². The van der Waals surface area contributed by atoms with Gasteiger partial charge in [-0.2, -0.15) is 0 Å². The van der Waals surface area contributed by atoms with Crippen molar-refractivity contribution in [2.75, 3.05) is 18.6 Å². The highest BCUT2D eigenvalue weighted by Crippen LogP contribution is 2.32. The molecule has 1 heterocycles. The van der Waals surface area contributed by atoms with Gasteiger partial charge in [0.2, 0.25) is 5.91 Å². The van der Waals surface area contributed by atoms with Gasteiger partial charge in [0.25, 0.3) is 0 Å². The number of carbonyl (C=O) groups is 1. The van der Waals surface area contributed by atoms with E-state index in [1.807, 2.05) is 24.6 Å². The maximum atomic E-state index is 12.3. The molecule has 0 radical (unpaired) electrons. The Bertz CT molecular complexity index is 397. The number of thiophene rings is 1. The minimum absolute atomic E-state index is 0.00861. The van der Waals surface area contributed by atoms with Crippen molar-refractivity contribution in [1.29, 1.82) is 0 Å². The second-order valence-electron chi connectivity index (χ2n) is 5.14. The van der Waals surface area contributed by atoms with Crippen LogP contribution in [-0.2, 0) is 4.79 Å². The summed E-state index contributed by atoms with van der Waals surface area (Å²) in [4.78, 5) is 14.1. The van der Waals surface area contributed by atoms with Gasteiger partial charge in [-0.05, 0) is 43.2 Å². The molecule has 4 nitrogen and oxygen atoms in total. The zero-order valence-electron chi connectivity index (χ0n) is 10.6. The first kappa shape index (κ1) is 13.5. The van der Waals surface area contributed by atoms with Crippen molar-refractivity contribution < 1.29 is 9.90 Å². The first-order chi connectivity index (χ1) is 8.56. The van der Waals surface area contributed by atoms with Gasteiger partial charge in [-0.25, -0.2) is 0 Å². The van der Waals surface area contributed by atoms with Crippen molar-refractivity contribution in [1.82, 2.24) is 0 Å². The van der Waals surface area contributed by atoms with Crippen LogP contribution in [0.1, 0.15) is 25.7 Å². The molecule has 0 spiro atoms. The monoisotopic (exact) mass is 268 g/mol. The van der Waals surface area contributed by atoms with Gasteiger partial charge < -0.3 is 15.7 Å². The zero-order chi connectivity index (χ0) is 13.2. The van der Waals surface area contributed by atoms with Gasteiger partial charge in [-0.1, -0.05) is 0 Å². The van der Waals surface area contributed by atoms with Crippen molar-refractivity contribution in [2.45, 2.75) is 31.2 Å². The van der Waals surface area contributed by atoms with Gasteiger partial charge in [0.1, 0.15) is 0 Å². The molecule has 0 bridgehead atoms. The molecule has 3 N–H and O–H groups in total. The Kier molecular flexibility index (Phi) is 4.04. The normalized spacial score (nSPS) is 28.1. The fourth-order valence-electron chi connectivity index (χ4n) is 2.44. The summed E-state index contributed by atoms with van der Waals surface area (Å²) in [7, 11) is 1.82. The van der Waals surface area contributed by atoms with Gasteiger partial charge >= 0.3 is 0 Å². The lowest BCUT2D eigenvalue weighted by Gasteiger charge is -2.36. The summed E-state index contributed by atoms with van der Waals surface area (Å²) in [6.45, 7) is 0.00861. The standard InChI is InChI=1S/C13H20N2O2S/c1-15(11-3-2-8-18-11)12(17)10-4-6-13(14,9-16)7-5-10/h2-3,8,10,16H,4-7,9,14H2,1H3. The summed E-state index contributed by atoms with van der Waals surface area (Å²) in [5.41, 5.74) is 5.54. The molecule has 1 saturated carbocycles. The summed E-state index contributed by atoms with van der Waals surface area (Å²) in [5.74, 6) is 0.206. The number of carbonyl (C=O) groups excluding carboxylic acids is 1. The van der Waals surface area contributed by atoms with E-state index >= 15 is 0 Å². The first-order valence-corrected chi connectivity index (χ1v) is 7.14. The lowest BCUT2D eigenvalue weighted by atomic mass is 9.77. The molecule has 5 heteroatoms. The van der Waals surface area contributed by atoms with Crippen LogP contribution in [-0.4, -0.2) is 30.2 Å². The Morgan fingerprint density at radius 1 is 1.61 bits per heavy atom. The van der Waals surface area contributed by atoms with Gasteiger partial charge in [0.15, 0.2) is 0 Å². The van der Waals surface area contributed by atoms with Crippen LogP contribution < -0.4 is 10.6 Å². The molecule has 0 aromatic carbocycles. The number of aliphatic hydroxyl groups excluding tert-OH is 1. The quantitative estimate of drug-likeness (QED) is 0.875. The van der Waals surface area contributed by atoms with Crippen LogP contribution in [0, 0.1) is 5.92 Å². The van der Waals surface area contributed by atoms with E-state index < -0.39 is 5.54 Å².